The standard InChI is InChI=1S/C13H16N2O2S2/c1-9-4-6-12(7-5-9)8-19(16,17)15-13-14-10(2)11(3)18-13/h4-7H,8H2,1-3H3,(H,14,15). The van der Waals surface area contributed by atoms with Gasteiger partial charge in [-0.05, 0) is 26.3 Å². The Bertz CT molecular complexity index is 654. The molecule has 19 heavy (non-hydrogen) atoms. The maximum atomic E-state index is 12.0. The van der Waals surface area contributed by atoms with Crippen molar-refractivity contribution in [2.45, 2.75) is 26.5 Å². The molecule has 0 saturated carbocycles. The Morgan fingerprint density at radius 2 is 1.79 bits per heavy atom. The van der Waals surface area contributed by atoms with Crippen LogP contribution in [0.1, 0.15) is 21.7 Å². The molecular formula is C13H16N2O2S2. The molecule has 0 unspecified atom stereocenters. The van der Waals surface area contributed by atoms with Crippen molar-refractivity contribution >= 4 is 26.5 Å². The summed E-state index contributed by atoms with van der Waals surface area (Å²) in [5.74, 6) is -0.0368. The summed E-state index contributed by atoms with van der Waals surface area (Å²) in [5.41, 5.74) is 2.74. The molecule has 1 heterocycles. The van der Waals surface area contributed by atoms with Gasteiger partial charge in [-0.2, -0.15) is 0 Å². The largest absolute Gasteiger partial charge is 0.258 e. The van der Waals surface area contributed by atoms with Crippen molar-refractivity contribution in [1.82, 2.24) is 4.98 Å². The van der Waals surface area contributed by atoms with Crippen LogP contribution in [0.5, 0.6) is 0 Å². The lowest BCUT2D eigenvalue weighted by Gasteiger charge is -2.05. The Morgan fingerprint density at radius 1 is 1.16 bits per heavy atom. The predicted octanol–water partition coefficient (Wildman–Crippen LogP) is 3.01. The van der Waals surface area contributed by atoms with E-state index in [1.54, 1.807) is 0 Å². The van der Waals surface area contributed by atoms with E-state index in [0.29, 0.717) is 5.13 Å². The van der Waals surface area contributed by atoms with Crippen LogP contribution in [0.2, 0.25) is 0 Å². The highest BCUT2D eigenvalue weighted by molar-refractivity contribution is 7.92. The summed E-state index contributed by atoms with van der Waals surface area (Å²) in [6.07, 6.45) is 0. The van der Waals surface area contributed by atoms with Gasteiger partial charge in [-0.3, -0.25) is 4.72 Å². The van der Waals surface area contributed by atoms with Gasteiger partial charge in [0.2, 0.25) is 10.0 Å². The number of rotatable bonds is 4. The van der Waals surface area contributed by atoms with Crippen molar-refractivity contribution in [3.63, 3.8) is 0 Å². The molecular weight excluding hydrogens is 280 g/mol. The van der Waals surface area contributed by atoms with E-state index >= 15 is 0 Å². The summed E-state index contributed by atoms with van der Waals surface area (Å²) in [6, 6.07) is 7.46. The van der Waals surface area contributed by atoms with Gasteiger partial charge in [0.05, 0.1) is 11.4 Å². The van der Waals surface area contributed by atoms with Crippen LogP contribution in [-0.4, -0.2) is 13.4 Å². The molecule has 0 saturated heterocycles. The molecule has 0 fully saturated rings. The molecule has 6 heteroatoms. The second-order valence-corrected chi connectivity index (χ2v) is 7.43. The monoisotopic (exact) mass is 296 g/mol. The van der Waals surface area contributed by atoms with Crippen molar-refractivity contribution in [3.8, 4) is 0 Å². The minimum atomic E-state index is -3.41. The van der Waals surface area contributed by atoms with Crippen molar-refractivity contribution < 1.29 is 8.42 Å². The molecule has 0 atom stereocenters. The fraction of sp³-hybridized carbons (Fsp3) is 0.308. The highest BCUT2D eigenvalue weighted by atomic mass is 32.2. The molecule has 102 valence electrons. The van der Waals surface area contributed by atoms with Gasteiger partial charge in [0.15, 0.2) is 5.13 Å². The zero-order chi connectivity index (χ0) is 14.0. The quantitative estimate of drug-likeness (QED) is 0.943. The van der Waals surface area contributed by atoms with E-state index in [0.717, 1.165) is 21.7 Å². The minimum Gasteiger partial charge on any atom is -0.258 e. The van der Waals surface area contributed by atoms with Gasteiger partial charge in [-0.15, -0.1) is 11.3 Å². The van der Waals surface area contributed by atoms with E-state index in [1.807, 2.05) is 45.0 Å². The predicted molar refractivity (Wildman–Crippen MR) is 79.0 cm³/mol. The fourth-order valence-corrected chi connectivity index (χ4v) is 3.82. The van der Waals surface area contributed by atoms with Crippen LogP contribution >= 0.6 is 11.3 Å². The van der Waals surface area contributed by atoms with E-state index in [-0.39, 0.29) is 5.75 Å². The summed E-state index contributed by atoms with van der Waals surface area (Å²) in [4.78, 5) is 5.20. The molecule has 0 aliphatic rings. The normalized spacial score (nSPS) is 11.5. The molecule has 0 amide bonds. The van der Waals surface area contributed by atoms with Crippen LogP contribution in [0, 0.1) is 20.8 Å². The molecule has 2 aromatic rings. The maximum absolute atomic E-state index is 12.0. The molecule has 1 aromatic carbocycles. The third-order valence-corrected chi connectivity index (χ3v) is 5.08. The number of aromatic nitrogens is 1. The summed E-state index contributed by atoms with van der Waals surface area (Å²) in [7, 11) is -3.41. The van der Waals surface area contributed by atoms with Crippen LogP contribution in [0.25, 0.3) is 0 Å². The molecule has 0 bridgehead atoms. The first kappa shape index (κ1) is 14.0. The lowest BCUT2D eigenvalue weighted by Crippen LogP contribution is -2.14. The van der Waals surface area contributed by atoms with Crippen LogP contribution < -0.4 is 4.72 Å². The second kappa shape index (κ2) is 5.30. The Hall–Kier alpha value is -1.40. The van der Waals surface area contributed by atoms with E-state index in [9.17, 15) is 8.42 Å². The van der Waals surface area contributed by atoms with Crippen molar-refractivity contribution in [2.24, 2.45) is 0 Å². The van der Waals surface area contributed by atoms with E-state index in [1.165, 1.54) is 11.3 Å². The Morgan fingerprint density at radius 3 is 2.32 bits per heavy atom. The van der Waals surface area contributed by atoms with E-state index in [2.05, 4.69) is 9.71 Å². The van der Waals surface area contributed by atoms with Crippen molar-refractivity contribution in [3.05, 3.63) is 46.0 Å². The van der Waals surface area contributed by atoms with Crippen LogP contribution in [0.3, 0.4) is 0 Å². The van der Waals surface area contributed by atoms with E-state index < -0.39 is 10.0 Å². The first-order valence-electron chi connectivity index (χ1n) is 5.86. The summed E-state index contributed by atoms with van der Waals surface area (Å²) in [6.45, 7) is 5.76. The third kappa shape index (κ3) is 3.78. The highest BCUT2D eigenvalue weighted by Gasteiger charge is 2.14. The SMILES string of the molecule is Cc1ccc(CS(=O)(=O)Nc2nc(C)c(C)s2)cc1. The zero-order valence-electron chi connectivity index (χ0n) is 11.1. The number of thiazole rings is 1. The third-order valence-electron chi connectivity index (χ3n) is 2.75. The second-order valence-electron chi connectivity index (χ2n) is 4.51. The Labute approximate surface area is 117 Å². The lowest BCUT2D eigenvalue weighted by molar-refractivity contribution is 0.600. The molecule has 0 spiro atoms. The number of nitrogens with one attached hydrogen (secondary N) is 1. The Balaban J connectivity index is 2.12. The highest BCUT2D eigenvalue weighted by Crippen LogP contribution is 2.22. The van der Waals surface area contributed by atoms with Gasteiger partial charge in [-0.25, -0.2) is 13.4 Å². The molecule has 2 rings (SSSR count). The van der Waals surface area contributed by atoms with Crippen LogP contribution in [0.15, 0.2) is 24.3 Å². The molecule has 0 aliphatic heterocycles. The van der Waals surface area contributed by atoms with Crippen molar-refractivity contribution in [2.75, 3.05) is 4.72 Å². The topological polar surface area (TPSA) is 59.1 Å². The minimum absolute atomic E-state index is 0.0368. The first-order valence-corrected chi connectivity index (χ1v) is 8.33. The number of sulfonamides is 1. The summed E-state index contributed by atoms with van der Waals surface area (Å²) in [5, 5.41) is 0.433. The molecule has 0 aliphatic carbocycles. The summed E-state index contributed by atoms with van der Waals surface area (Å²) >= 11 is 1.35. The number of anilines is 1. The average Bonchev–Trinajstić information content (AvgIpc) is 2.60. The number of benzene rings is 1. The van der Waals surface area contributed by atoms with Gasteiger partial charge < -0.3 is 0 Å². The van der Waals surface area contributed by atoms with Gasteiger partial charge in [0.1, 0.15) is 0 Å². The lowest BCUT2D eigenvalue weighted by atomic mass is 10.2. The average molecular weight is 296 g/mol. The van der Waals surface area contributed by atoms with Gasteiger partial charge in [0, 0.05) is 4.88 Å². The van der Waals surface area contributed by atoms with Gasteiger partial charge >= 0.3 is 0 Å². The first-order chi connectivity index (χ1) is 8.85. The zero-order valence-corrected chi connectivity index (χ0v) is 12.7. The maximum Gasteiger partial charge on any atom is 0.238 e. The number of hydrogen-bond acceptors (Lipinski definition) is 4. The van der Waals surface area contributed by atoms with Gasteiger partial charge in [0.25, 0.3) is 0 Å². The van der Waals surface area contributed by atoms with Crippen LogP contribution in [-0.2, 0) is 15.8 Å². The van der Waals surface area contributed by atoms with Crippen molar-refractivity contribution in [1.29, 1.82) is 0 Å². The number of nitrogens with zero attached hydrogens (tertiary/aromatic N) is 1. The van der Waals surface area contributed by atoms with Crippen LogP contribution in [0.4, 0.5) is 5.13 Å². The molecule has 1 N–H and O–H groups in total. The Kier molecular flexibility index (Phi) is 3.91. The number of aryl methyl sites for hydroxylation is 3. The van der Waals surface area contributed by atoms with E-state index in [4.69, 9.17) is 0 Å². The smallest absolute Gasteiger partial charge is 0.238 e. The summed E-state index contributed by atoms with van der Waals surface area (Å²) < 4.78 is 26.6. The van der Waals surface area contributed by atoms with Gasteiger partial charge in [-0.1, -0.05) is 29.8 Å². The fourth-order valence-electron chi connectivity index (χ4n) is 1.59. The molecule has 0 radical (unpaired) electrons. The number of hydrogen-bond donors (Lipinski definition) is 1. The molecule has 4 nitrogen and oxygen atoms in total. The molecule has 1 aromatic heterocycles.